The molecule has 30 heavy (non-hydrogen) atoms. The molecule has 0 heteroatoms. The number of fused-ring (bicyclic) bond motifs is 1. The lowest BCUT2D eigenvalue weighted by atomic mass is 9.79. The van der Waals surface area contributed by atoms with Crippen molar-refractivity contribution in [3.05, 3.63) is 46.0 Å². The fourth-order valence-corrected chi connectivity index (χ4v) is 4.80. The van der Waals surface area contributed by atoms with Gasteiger partial charge in [0.15, 0.2) is 0 Å². The van der Waals surface area contributed by atoms with E-state index in [0.29, 0.717) is 0 Å². The number of aryl methyl sites for hydroxylation is 2. The maximum Gasteiger partial charge on any atom is -0.0132 e. The number of hydrogen-bond donors (Lipinski definition) is 0. The minimum Gasteiger partial charge on any atom is -0.0654 e. The summed E-state index contributed by atoms with van der Waals surface area (Å²) in [5.74, 6) is 0. The summed E-state index contributed by atoms with van der Waals surface area (Å²) in [4.78, 5) is 0. The second-order valence-electron chi connectivity index (χ2n) is 10.3. The summed E-state index contributed by atoms with van der Waals surface area (Å²) in [7, 11) is 0. The normalized spacial score (nSPS) is 12.1. The molecule has 0 unspecified atom stereocenters. The Balaban J connectivity index is 2.85. The highest BCUT2D eigenvalue weighted by Crippen LogP contribution is 2.37. The van der Waals surface area contributed by atoms with Crippen LogP contribution in [0, 0.1) is 0 Å². The van der Waals surface area contributed by atoms with E-state index in [-0.39, 0.29) is 5.41 Å². The Labute approximate surface area is 187 Å². The highest BCUT2D eigenvalue weighted by Gasteiger charge is 2.21. The Morgan fingerprint density at radius 2 is 0.933 bits per heavy atom. The first kappa shape index (κ1) is 25.0. The number of rotatable bonds is 12. The van der Waals surface area contributed by atoms with Crippen LogP contribution < -0.4 is 0 Å². The lowest BCUT2D eigenvalue weighted by Crippen LogP contribution is -2.12. The molecule has 0 heterocycles. The van der Waals surface area contributed by atoms with Crippen molar-refractivity contribution < 1.29 is 0 Å². The first-order valence-corrected chi connectivity index (χ1v) is 13.0. The molecule has 0 aliphatic rings. The highest BCUT2D eigenvalue weighted by molar-refractivity contribution is 5.92. The Morgan fingerprint density at radius 3 is 1.33 bits per heavy atom. The Morgan fingerprint density at radius 1 is 0.533 bits per heavy atom. The lowest BCUT2D eigenvalue weighted by molar-refractivity contribution is 0.591. The van der Waals surface area contributed by atoms with Gasteiger partial charge in [-0.1, -0.05) is 92.3 Å². The Hall–Kier alpha value is -1.30. The van der Waals surface area contributed by atoms with Gasteiger partial charge in [-0.3, -0.25) is 0 Å². The molecule has 0 aliphatic heterocycles. The molecule has 0 aromatic heterocycles. The van der Waals surface area contributed by atoms with Gasteiger partial charge in [-0.2, -0.15) is 0 Å². The quantitative estimate of drug-likeness (QED) is 0.328. The summed E-state index contributed by atoms with van der Waals surface area (Å²) in [6.07, 6.45) is 15.4. The van der Waals surface area contributed by atoms with E-state index in [1.807, 2.05) is 0 Å². The van der Waals surface area contributed by atoms with Crippen LogP contribution in [0.3, 0.4) is 0 Å². The van der Waals surface area contributed by atoms with Crippen molar-refractivity contribution in [2.24, 2.45) is 0 Å². The lowest BCUT2D eigenvalue weighted by Gasteiger charge is -2.26. The zero-order valence-corrected chi connectivity index (χ0v) is 21.2. The van der Waals surface area contributed by atoms with Crippen LogP contribution in [0.2, 0.25) is 0 Å². The molecule has 0 saturated heterocycles. The summed E-state index contributed by atoms with van der Waals surface area (Å²) in [5, 5.41) is 3.14. The second-order valence-corrected chi connectivity index (χ2v) is 10.3. The molecule has 2 aromatic carbocycles. The van der Waals surface area contributed by atoms with Crippen LogP contribution >= 0.6 is 0 Å². The van der Waals surface area contributed by atoms with Gasteiger partial charge in [-0.25, -0.2) is 0 Å². The molecule has 0 N–H and O–H groups in total. The monoisotopic (exact) mass is 408 g/mol. The van der Waals surface area contributed by atoms with Crippen molar-refractivity contribution in [1.82, 2.24) is 0 Å². The zero-order chi connectivity index (χ0) is 22.1. The van der Waals surface area contributed by atoms with Crippen molar-refractivity contribution in [3.8, 4) is 0 Å². The molecule has 0 nitrogen and oxygen atoms in total. The van der Waals surface area contributed by atoms with Gasteiger partial charge < -0.3 is 0 Å². The van der Waals surface area contributed by atoms with E-state index in [4.69, 9.17) is 0 Å². The molecular formula is C30H48. The van der Waals surface area contributed by atoms with Crippen molar-refractivity contribution >= 4 is 10.8 Å². The van der Waals surface area contributed by atoms with Crippen molar-refractivity contribution in [2.45, 2.75) is 131 Å². The average molecular weight is 409 g/mol. The van der Waals surface area contributed by atoms with Gasteiger partial charge in [0, 0.05) is 0 Å². The van der Waals surface area contributed by atoms with E-state index < -0.39 is 0 Å². The van der Waals surface area contributed by atoms with Gasteiger partial charge in [0.05, 0.1) is 0 Å². The van der Waals surface area contributed by atoms with E-state index in [0.717, 1.165) is 0 Å². The molecule has 0 atom stereocenters. The van der Waals surface area contributed by atoms with E-state index in [2.05, 4.69) is 66.7 Å². The Bertz CT molecular complexity index is 788. The third kappa shape index (κ3) is 6.12. The molecule has 0 fully saturated rings. The summed E-state index contributed by atoms with van der Waals surface area (Å²) >= 11 is 0. The molecule has 168 valence electrons. The van der Waals surface area contributed by atoms with Crippen LogP contribution in [0.5, 0.6) is 0 Å². The summed E-state index contributed by atoms with van der Waals surface area (Å²) in [6.45, 7) is 16.4. The van der Waals surface area contributed by atoms with E-state index in [9.17, 15) is 0 Å². The van der Waals surface area contributed by atoms with Crippen LogP contribution in [0.1, 0.15) is 128 Å². The molecule has 0 radical (unpaired) electrons. The summed E-state index contributed by atoms with van der Waals surface area (Å²) < 4.78 is 0. The minimum absolute atomic E-state index is 0.199. The van der Waals surface area contributed by atoms with Crippen molar-refractivity contribution in [3.63, 3.8) is 0 Å². The second kappa shape index (κ2) is 11.9. The third-order valence-corrected chi connectivity index (χ3v) is 6.75. The smallest absolute Gasteiger partial charge is 0.0132 e. The van der Waals surface area contributed by atoms with E-state index in [1.165, 1.54) is 82.6 Å². The number of hydrogen-bond acceptors (Lipinski definition) is 0. The molecule has 0 bridgehead atoms. The largest absolute Gasteiger partial charge is 0.0654 e. The standard InChI is InChI=1S/C30H48/c1-8-12-16-24-25(17-13-9-2)27(19-15-11-4)29-22-23(30(5,6)7)20-21-28(29)26(24)18-14-10-3/h20-22H,8-19H2,1-7H3. The van der Waals surface area contributed by atoms with E-state index >= 15 is 0 Å². The van der Waals surface area contributed by atoms with Gasteiger partial charge in [-0.15, -0.1) is 0 Å². The SMILES string of the molecule is CCCCc1c(CCCC)c(CCCC)c2cc(C(C)(C)C)ccc2c1CCCC. The Kier molecular flexibility index (Phi) is 9.92. The topological polar surface area (TPSA) is 0 Å². The van der Waals surface area contributed by atoms with Crippen LogP contribution in [-0.2, 0) is 31.1 Å². The molecule has 2 aromatic rings. The van der Waals surface area contributed by atoms with Crippen molar-refractivity contribution in [1.29, 1.82) is 0 Å². The fraction of sp³-hybridized carbons (Fsp3) is 0.667. The van der Waals surface area contributed by atoms with Gasteiger partial charge in [0.2, 0.25) is 0 Å². The van der Waals surface area contributed by atoms with Gasteiger partial charge in [0.25, 0.3) is 0 Å². The zero-order valence-electron chi connectivity index (χ0n) is 21.2. The molecule has 0 aliphatic carbocycles. The van der Waals surface area contributed by atoms with E-state index in [1.54, 1.807) is 33.0 Å². The predicted octanol–water partition coefficient (Wildman–Crippen LogP) is 9.51. The molecular weight excluding hydrogens is 360 g/mol. The number of benzene rings is 2. The molecule has 0 amide bonds. The maximum atomic E-state index is 2.56. The summed E-state index contributed by atoms with van der Waals surface area (Å²) in [5.41, 5.74) is 8.54. The highest BCUT2D eigenvalue weighted by atomic mass is 14.3. The maximum absolute atomic E-state index is 2.56. The molecule has 2 rings (SSSR count). The fourth-order valence-electron chi connectivity index (χ4n) is 4.80. The van der Waals surface area contributed by atoms with Gasteiger partial charge >= 0.3 is 0 Å². The van der Waals surface area contributed by atoms with Gasteiger partial charge in [0.1, 0.15) is 0 Å². The summed E-state index contributed by atoms with van der Waals surface area (Å²) in [6, 6.07) is 7.46. The molecule has 0 saturated carbocycles. The van der Waals surface area contributed by atoms with Crippen LogP contribution in [0.4, 0.5) is 0 Å². The van der Waals surface area contributed by atoms with Crippen LogP contribution in [0.25, 0.3) is 10.8 Å². The van der Waals surface area contributed by atoms with Crippen LogP contribution in [0.15, 0.2) is 18.2 Å². The third-order valence-electron chi connectivity index (χ3n) is 6.75. The predicted molar refractivity (Wildman–Crippen MR) is 137 cm³/mol. The first-order chi connectivity index (χ1) is 14.4. The number of unbranched alkanes of at least 4 members (excludes halogenated alkanes) is 4. The van der Waals surface area contributed by atoms with Crippen LogP contribution in [-0.4, -0.2) is 0 Å². The van der Waals surface area contributed by atoms with Gasteiger partial charge in [-0.05, 0) is 95.4 Å². The van der Waals surface area contributed by atoms with Crippen molar-refractivity contribution in [2.75, 3.05) is 0 Å². The average Bonchev–Trinajstić information content (AvgIpc) is 2.72. The molecule has 0 spiro atoms. The first-order valence-electron chi connectivity index (χ1n) is 13.0. The minimum atomic E-state index is 0.199.